The Morgan fingerprint density at radius 3 is 2.62 bits per heavy atom. The molecule has 0 bridgehead atoms. The number of benzene rings is 1. The lowest BCUT2D eigenvalue weighted by molar-refractivity contribution is -0.385. The van der Waals surface area contributed by atoms with Gasteiger partial charge in [-0.3, -0.25) is 14.9 Å². The molecule has 0 radical (unpaired) electrons. The van der Waals surface area contributed by atoms with E-state index >= 15 is 0 Å². The van der Waals surface area contributed by atoms with Gasteiger partial charge in [0.15, 0.2) is 6.29 Å². The Bertz CT molecular complexity index is 471. The normalized spacial score (nSPS) is 9.62. The molecule has 7 heteroatoms. The summed E-state index contributed by atoms with van der Waals surface area (Å²) in [5, 5.41) is 10.6. The topological polar surface area (TPSA) is 86.5 Å². The van der Waals surface area contributed by atoms with Crippen LogP contribution in [0.2, 0.25) is 5.02 Å². The molecule has 0 atom stereocenters. The third kappa shape index (κ3) is 2.17. The molecule has 0 unspecified atom stereocenters. The zero-order valence-electron chi connectivity index (χ0n) is 8.10. The minimum absolute atomic E-state index is 0.0407. The summed E-state index contributed by atoms with van der Waals surface area (Å²) in [6.07, 6.45) is 0.371. The van der Waals surface area contributed by atoms with Crippen LogP contribution in [0.1, 0.15) is 20.7 Å². The van der Waals surface area contributed by atoms with E-state index < -0.39 is 16.6 Å². The molecule has 0 aliphatic carbocycles. The van der Waals surface area contributed by atoms with Crippen LogP contribution in [-0.4, -0.2) is 24.3 Å². The van der Waals surface area contributed by atoms with Crippen LogP contribution in [0, 0.1) is 10.1 Å². The lowest BCUT2D eigenvalue weighted by Gasteiger charge is -2.03. The van der Waals surface area contributed by atoms with Crippen LogP contribution in [0.15, 0.2) is 12.1 Å². The van der Waals surface area contributed by atoms with Crippen molar-refractivity contribution in [3.63, 3.8) is 0 Å². The van der Waals surface area contributed by atoms with Crippen LogP contribution in [0.3, 0.4) is 0 Å². The lowest BCUT2D eigenvalue weighted by atomic mass is 10.1. The number of hydrogen-bond acceptors (Lipinski definition) is 5. The Balaban J connectivity index is 3.47. The van der Waals surface area contributed by atoms with Gasteiger partial charge in [-0.2, -0.15) is 0 Å². The maximum Gasteiger partial charge on any atom is 0.344 e. The summed E-state index contributed by atoms with van der Waals surface area (Å²) in [5.74, 6) is -0.883. The summed E-state index contributed by atoms with van der Waals surface area (Å²) in [6, 6.07) is 1.97. The molecule has 6 nitrogen and oxygen atoms in total. The predicted molar refractivity (Wildman–Crippen MR) is 54.8 cm³/mol. The molecule has 84 valence electrons. The molecule has 0 N–H and O–H groups in total. The van der Waals surface area contributed by atoms with E-state index in [0.29, 0.717) is 6.29 Å². The van der Waals surface area contributed by atoms with Crippen molar-refractivity contribution in [3.05, 3.63) is 38.4 Å². The summed E-state index contributed by atoms with van der Waals surface area (Å²) >= 11 is 5.65. The van der Waals surface area contributed by atoms with Crippen molar-refractivity contribution in [2.45, 2.75) is 0 Å². The molecule has 1 aromatic carbocycles. The fraction of sp³-hybridized carbons (Fsp3) is 0.111. The predicted octanol–water partition coefficient (Wildman–Crippen LogP) is 1.85. The highest BCUT2D eigenvalue weighted by Gasteiger charge is 2.23. The molecule has 0 spiro atoms. The van der Waals surface area contributed by atoms with Gasteiger partial charge in [-0.1, -0.05) is 11.6 Å². The van der Waals surface area contributed by atoms with Crippen LogP contribution in [0.5, 0.6) is 0 Å². The van der Waals surface area contributed by atoms with Crippen molar-refractivity contribution in [3.8, 4) is 0 Å². The van der Waals surface area contributed by atoms with Crippen LogP contribution in [-0.2, 0) is 4.74 Å². The minimum Gasteiger partial charge on any atom is -0.465 e. The standard InChI is InChI=1S/C9H6ClNO5/c1-16-9(13)6-3-7(10)5(4-12)2-8(6)11(14)15/h2-4H,1H3. The van der Waals surface area contributed by atoms with Gasteiger partial charge in [-0.15, -0.1) is 0 Å². The Hall–Kier alpha value is -1.95. The minimum atomic E-state index is -0.883. The molecule has 16 heavy (non-hydrogen) atoms. The number of esters is 1. The van der Waals surface area contributed by atoms with Crippen molar-refractivity contribution in [2.24, 2.45) is 0 Å². The SMILES string of the molecule is COC(=O)c1cc(Cl)c(C=O)cc1[N+](=O)[O-]. The van der Waals surface area contributed by atoms with E-state index in [1.807, 2.05) is 0 Å². The average Bonchev–Trinajstić information content (AvgIpc) is 2.27. The number of halogens is 1. The van der Waals surface area contributed by atoms with Gasteiger partial charge in [0.2, 0.25) is 0 Å². The summed E-state index contributed by atoms with van der Waals surface area (Å²) in [4.78, 5) is 31.6. The van der Waals surface area contributed by atoms with E-state index in [4.69, 9.17) is 11.6 Å². The maximum absolute atomic E-state index is 11.2. The zero-order chi connectivity index (χ0) is 12.3. The van der Waals surface area contributed by atoms with E-state index in [0.717, 1.165) is 19.2 Å². The second-order valence-electron chi connectivity index (χ2n) is 2.76. The smallest absolute Gasteiger partial charge is 0.344 e. The van der Waals surface area contributed by atoms with Gasteiger partial charge < -0.3 is 4.74 Å². The average molecular weight is 244 g/mol. The van der Waals surface area contributed by atoms with E-state index in [9.17, 15) is 19.7 Å². The van der Waals surface area contributed by atoms with E-state index in [1.165, 1.54) is 0 Å². The van der Waals surface area contributed by atoms with Gasteiger partial charge in [-0.05, 0) is 6.07 Å². The number of hydrogen-bond donors (Lipinski definition) is 0. The molecule has 1 aromatic rings. The number of nitro benzene ring substituents is 1. The van der Waals surface area contributed by atoms with Gasteiger partial charge >= 0.3 is 5.97 Å². The second-order valence-corrected chi connectivity index (χ2v) is 3.16. The first-order valence-electron chi connectivity index (χ1n) is 4.02. The fourth-order valence-corrected chi connectivity index (χ4v) is 1.30. The highest BCUT2D eigenvalue weighted by atomic mass is 35.5. The summed E-state index contributed by atoms with van der Waals surface area (Å²) in [6.45, 7) is 0. The first-order valence-corrected chi connectivity index (χ1v) is 4.40. The first-order chi connectivity index (χ1) is 7.51. The molecule has 0 saturated heterocycles. The highest BCUT2D eigenvalue weighted by Crippen LogP contribution is 2.26. The molecule has 0 aliphatic rings. The van der Waals surface area contributed by atoms with Crippen molar-refractivity contribution < 1.29 is 19.2 Å². The van der Waals surface area contributed by atoms with Crippen LogP contribution < -0.4 is 0 Å². The highest BCUT2D eigenvalue weighted by molar-refractivity contribution is 6.33. The second kappa shape index (κ2) is 4.71. The Morgan fingerprint density at radius 2 is 2.19 bits per heavy atom. The molecule has 0 amide bonds. The van der Waals surface area contributed by atoms with Crippen LogP contribution in [0.25, 0.3) is 0 Å². The number of nitro groups is 1. The number of rotatable bonds is 3. The molecule has 0 saturated carbocycles. The Morgan fingerprint density at radius 1 is 1.56 bits per heavy atom. The lowest BCUT2D eigenvalue weighted by Crippen LogP contribution is -2.06. The molecule has 0 heterocycles. The van der Waals surface area contributed by atoms with Crippen molar-refractivity contribution in [2.75, 3.05) is 7.11 Å². The number of ether oxygens (including phenoxy) is 1. The van der Waals surface area contributed by atoms with Crippen molar-refractivity contribution >= 4 is 29.5 Å². The summed E-state index contributed by atoms with van der Waals surface area (Å²) in [5.41, 5.74) is -0.859. The number of carbonyl (C=O) groups is 2. The van der Waals surface area contributed by atoms with Crippen LogP contribution in [0.4, 0.5) is 5.69 Å². The number of nitrogens with zero attached hydrogens (tertiary/aromatic N) is 1. The van der Waals surface area contributed by atoms with Gasteiger partial charge in [0.05, 0.1) is 17.1 Å². The van der Waals surface area contributed by atoms with Gasteiger partial charge in [-0.25, -0.2) is 4.79 Å². The number of methoxy groups -OCH3 is 1. The third-order valence-electron chi connectivity index (χ3n) is 1.84. The first kappa shape index (κ1) is 12.1. The maximum atomic E-state index is 11.2. The molecular formula is C9H6ClNO5. The summed E-state index contributed by atoms with van der Waals surface area (Å²) in [7, 11) is 1.09. The number of carbonyl (C=O) groups excluding carboxylic acids is 2. The van der Waals surface area contributed by atoms with E-state index in [1.54, 1.807) is 0 Å². The fourth-order valence-electron chi connectivity index (χ4n) is 1.09. The Labute approximate surface area is 94.9 Å². The molecule has 0 aliphatic heterocycles. The zero-order valence-corrected chi connectivity index (χ0v) is 8.85. The third-order valence-corrected chi connectivity index (χ3v) is 2.17. The van der Waals surface area contributed by atoms with Gasteiger partial charge in [0.25, 0.3) is 5.69 Å². The van der Waals surface area contributed by atoms with Crippen molar-refractivity contribution in [1.29, 1.82) is 0 Å². The van der Waals surface area contributed by atoms with E-state index in [2.05, 4.69) is 4.74 Å². The van der Waals surface area contributed by atoms with E-state index in [-0.39, 0.29) is 16.1 Å². The Kier molecular flexibility index (Phi) is 3.57. The molecule has 0 aromatic heterocycles. The van der Waals surface area contributed by atoms with Crippen molar-refractivity contribution in [1.82, 2.24) is 0 Å². The largest absolute Gasteiger partial charge is 0.465 e. The quantitative estimate of drug-likeness (QED) is 0.350. The van der Waals surface area contributed by atoms with Gasteiger partial charge in [0.1, 0.15) is 5.56 Å². The molecular weight excluding hydrogens is 238 g/mol. The summed E-state index contributed by atoms with van der Waals surface area (Å²) < 4.78 is 4.37. The monoisotopic (exact) mass is 243 g/mol. The van der Waals surface area contributed by atoms with Gasteiger partial charge in [0, 0.05) is 11.6 Å². The molecule has 1 rings (SSSR count). The number of aldehydes is 1. The van der Waals surface area contributed by atoms with Crippen LogP contribution >= 0.6 is 11.6 Å². The molecule has 0 fully saturated rings.